The van der Waals surface area contributed by atoms with Crippen molar-refractivity contribution in [1.29, 1.82) is 6.69 Å². The van der Waals surface area contributed by atoms with E-state index in [2.05, 4.69) is 36.1 Å². The number of nitrogens with one attached hydrogen (secondary N) is 2. The number of H-pyrrole nitrogens is 1. The zero-order valence-electron chi connectivity index (χ0n) is 26.3. The lowest BCUT2D eigenvalue weighted by atomic mass is 10.1. The van der Waals surface area contributed by atoms with Crippen LogP contribution in [0.5, 0.6) is 0 Å². The van der Waals surface area contributed by atoms with Crippen molar-refractivity contribution in [2.75, 3.05) is 26.1 Å². The molecule has 1 aliphatic heterocycles. The van der Waals surface area contributed by atoms with Crippen molar-refractivity contribution in [3.8, 4) is 6.07 Å². The van der Waals surface area contributed by atoms with Crippen LogP contribution < -0.4 is 10.9 Å². The van der Waals surface area contributed by atoms with Crippen LogP contribution >= 0.6 is 8.53 Å². The van der Waals surface area contributed by atoms with E-state index in [0.29, 0.717) is 0 Å². The van der Waals surface area contributed by atoms with Gasteiger partial charge in [-0.1, -0.05) is 13.8 Å². The number of carbonyl (C=O) groups excluding carboxylic acids is 1. The highest BCUT2D eigenvalue weighted by Gasteiger charge is 2.48. The maximum Gasteiger partial charge on any atom is 0.280 e. The minimum Gasteiger partial charge on any atom is -0.400 e. The predicted octanol–water partition coefficient (Wildman–Crippen LogP) is 2.92. The van der Waals surface area contributed by atoms with Gasteiger partial charge in [0.15, 0.2) is 17.4 Å². The number of aliphatic hydroxyl groups is 1. The first-order valence-corrected chi connectivity index (χ1v) is 14.1. The van der Waals surface area contributed by atoms with E-state index in [9.17, 15) is 9.59 Å². The molecular formula is C25H42N7O7P. The van der Waals surface area contributed by atoms with E-state index in [1.54, 1.807) is 18.4 Å². The van der Waals surface area contributed by atoms with E-state index in [-0.39, 0.29) is 60.9 Å². The molecule has 224 valence electrons. The molecule has 15 heteroatoms. The smallest absolute Gasteiger partial charge is 0.280 e. The Morgan fingerprint density at radius 1 is 1.40 bits per heavy atom. The maximum absolute atomic E-state index is 12.7. The fourth-order valence-electron chi connectivity index (χ4n) is 4.14. The van der Waals surface area contributed by atoms with Gasteiger partial charge in [0.1, 0.15) is 12.2 Å². The number of hydrogen-bond donors (Lipinski definition) is 3. The summed E-state index contributed by atoms with van der Waals surface area (Å²) in [5.41, 5.74) is -0.267. The van der Waals surface area contributed by atoms with Gasteiger partial charge in [0, 0.05) is 33.6 Å². The lowest BCUT2D eigenvalue weighted by Crippen LogP contribution is -2.39. The molecule has 3 rings (SSSR count). The van der Waals surface area contributed by atoms with Crippen molar-refractivity contribution in [2.24, 2.45) is 5.92 Å². The van der Waals surface area contributed by atoms with Gasteiger partial charge < -0.3 is 23.6 Å². The van der Waals surface area contributed by atoms with Gasteiger partial charge in [0.25, 0.3) is 14.1 Å². The maximum atomic E-state index is 12.7. The number of nitrogens with zero attached hydrogens (tertiary/aromatic N) is 5. The second-order valence-corrected chi connectivity index (χ2v) is 11.2. The second kappa shape index (κ2) is 15.5. The van der Waals surface area contributed by atoms with Gasteiger partial charge in [-0.05, 0) is 34.6 Å². The van der Waals surface area contributed by atoms with E-state index in [1.165, 1.54) is 20.5 Å². The Morgan fingerprint density at radius 2 is 2.08 bits per heavy atom. The molecule has 1 unspecified atom stereocenters. The fraction of sp³-hybridized carbons (Fsp3) is 0.720. The zero-order valence-corrected chi connectivity index (χ0v) is 25.2. The number of imidazole rings is 1. The molecule has 1 fully saturated rings. The summed E-state index contributed by atoms with van der Waals surface area (Å²) in [6.45, 7) is 11.7. The standard InChI is InChI=1S/C24H38N7O6P.CH4O/c1-13(2)21(32)28-24-27-20-17(22(33)29-24)26-12-30(20)23-19(34-8)18(16(7)36-23)37-38(35-11-9-10-25)31(14(3)4)15(5)6;1-2/h12-16,18-19,23H,9,11H2,1-8H3,(H2,27,28,29,32,33);2H,1H3/t16-,18-,19-,23-,38?;/m1./s1/i7D;2T. The number of rotatable bonds is 12. The molecule has 1 amide bonds. The third kappa shape index (κ3) is 7.82. The molecule has 0 spiro atoms. The summed E-state index contributed by atoms with van der Waals surface area (Å²) in [7, 11) is 1.17. The Balaban J connectivity index is 0.00000197. The van der Waals surface area contributed by atoms with Crippen molar-refractivity contribution in [2.45, 2.75) is 91.5 Å². The lowest BCUT2D eigenvalue weighted by molar-refractivity contribution is -0.118. The van der Waals surface area contributed by atoms with E-state index in [0.717, 1.165) is 0 Å². The first kappa shape index (κ1) is 30.5. The Bertz CT molecular complexity index is 1230. The van der Waals surface area contributed by atoms with Crippen molar-refractivity contribution in [3.63, 3.8) is 0 Å². The van der Waals surface area contributed by atoms with E-state index >= 15 is 0 Å². The number of hydrogen-bond acceptors (Lipinski definition) is 11. The largest absolute Gasteiger partial charge is 0.400 e. The number of carbonyl (C=O) groups is 1. The van der Waals surface area contributed by atoms with Gasteiger partial charge in [-0.25, -0.2) is 9.65 Å². The molecule has 0 aromatic carbocycles. The SMILES string of the molecule is [2H]C[C@H]1O[C@@H](n2cnc3c(=O)[nH]c(NC(=O)C(C)C)nc32)[C@H](OC)[C@@H]1OP(OCCC#N)N(C(C)C)C(C)C.[3H]OC. The summed E-state index contributed by atoms with van der Waals surface area (Å²) in [4.78, 5) is 36.1. The highest BCUT2D eigenvalue weighted by atomic mass is 31.2. The minimum absolute atomic E-state index is 0.0105. The third-order valence-electron chi connectivity index (χ3n) is 5.90. The number of nitriles is 1. The average Bonchev–Trinajstić information content (AvgIpc) is 3.49. The molecule has 0 aliphatic carbocycles. The van der Waals surface area contributed by atoms with Gasteiger partial charge >= 0.3 is 0 Å². The Labute approximate surface area is 238 Å². The molecule has 0 saturated carbocycles. The number of ether oxygens (including phenoxy) is 2. The molecule has 2 aromatic rings. The van der Waals surface area contributed by atoms with Crippen molar-refractivity contribution < 1.29 is 29.8 Å². The molecular weight excluding hydrogens is 541 g/mol. The number of aromatic nitrogens is 4. The topological polar surface area (TPSA) is 177 Å². The van der Waals surface area contributed by atoms with E-state index in [4.69, 9.17) is 26.6 Å². The van der Waals surface area contributed by atoms with Crippen LogP contribution in [-0.2, 0) is 23.3 Å². The summed E-state index contributed by atoms with van der Waals surface area (Å²) in [6.07, 6.45) is -1.30. The van der Waals surface area contributed by atoms with Gasteiger partial charge in [-0.2, -0.15) is 10.2 Å². The molecule has 14 nitrogen and oxygen atoms in total. The molecule has 3 heterocycles. The van der Waals surface area contributed by atoms with Crippen LogP contribution in [0.3, 0.4) is 0 Å². The monoisotopic (exact) mass is 586 g/mol. The van der Waals surface area contributed by atoms with Crippen LogP contribution in [0.15, 0.2) is 11.1 Å². The average molecular weight is 587 g/mol. The fourth-order valence-corrected chi connectivity index (χ4v) is 5.91. The highest BCUT2D eigenvalue weighted by Crippen LogP contribution is 2.50. The normalized spacial score (nSPS) is 22.3. The van der Waals surface area contributed by atoms with Gasteiger partial charge in [-0.15, -0.1) is 0 Å². The second-order valence-electron chi connectivity index (χ2n) is 9.76. The molecule has 5 atom stereocenters. The van der Waals surface area contributed by atoms with Crippen molar-refractivity contribution in [3.05, 3.63) is 16.7 Å². The molecule has 0 bridgehead atoms. The summed E-state index contributed by atoms with van der Waals surface area (Å²) in [5, 5.41) is 15.1. The molecule has 3 N–H and O–H groups in total. The van der Waals surface area contributed by atoms with Crippen LogP contribution in [0.4, 0.5) is 5.95 Å². The van der Waals surface area contributed by atoms with E-state index in [1.807, 2.05) is 27.7 Å². The quantitative estimate of drug-likeness (QED) is 0.246. The molecule has 1 saturated heterocycles. The summed E-state index contributed by atoms with van der Waals surface area (Å²) in [5.74, 6) is -0.629. The summed E-state index contributed by atoms with van der Waals surface area (Å²) in [6, 6.07) is 2.25. The summed E-state index contributed by atoms with van der Waals surface area (Å²) < 4.78 is 42.2. The Kier molecular flexibility index (Phi) is 11.8. The number of methoxy groups -OCH3 is 1. The predicted molar refractivity (Wildman–Crippen MR) is 150 cm³/mol. The van der Waals surface area contributed by atoms with Crippen LogP contribution in [-0.4, -0.2) is 87.9 Å². The molecule has 1 aliphatic rings. The van der Waals surface area contributed by atoms with Gasteiger partial charge in [0.05, 0.1) is 31.5 Å². The number of anilines is 1. The molecule has 0 radical (unpaired) electrons. The van der Waals surface area contributed by atoms with Crippen LogP contribution in [0.1, 0.15) is 62.5 Å². The number of aromatic amines is 1. The van der Waals surface area contributed by atoms with Gasteiger partial charge in [-0.3, -0.25) is 24.5 Å². The Hall–Kier alpha value is -2.50. The summed E-state index contributed by atoms with van der Waals surface area (Å²) >= 11 is 0. The lowest BCUT2D eigenvalue weighted by Gasteiger charge is -2.37. The van der Waals surface area contributed by atoms with Crippen LogP contribution in [0, 0.1) is 17.2 Å². The van der Waals surface area contributed by atoms with Crippen LogP contribution in [0.25, 0.3) is 11.2 Å². The van der Waals surface area contributed by atoms with Crippen molar-refractivity contribution >= 4 is 31.5 Å². The van der Waals surface area contributed by atoms with E-state index < -0.39 is 38.6 Å². The first-order valence-electron chi connectivity index (χ1n) is 14.1. The molecule has 2 aromatic heterocycles. The third-order valence-corrected chi connectivity index (χ3v) is 8.03. The first-order chi connectivity index (χ1) is 19.9. The molecule has 40 heavy (non-hydrogen) atoms. The Morgan fingerprint density at radius 3 is 2.62 bits per heavy atom. The van der Waals surface area contributed by atoms with Crippen LogP contribution in [0.2, 0.25) is 0 Å². The number of aliphatic hydroxyl groups excluding tert-OH is 1. The minimum atomic E-state index is -1.63. The zero-order chi connectivity index (χ0) is 31.6. The number of fused-ring (bicyclic) bond motifs is 1. The van der Waals surface area contributed by atoms with Crippen molar-refractivity contribution in [1.82, 2.24) is 24.2 Å². The number of amides is 1. The van der Waals surface area contributed by atoms with Gasteiger partial charge in [0.2, 0.25) is 13.3 Å². The highest BCUT2D eigenvalue weighted by molar-refractivity contribution is 7.44.